The number of hydrogen-bond donors (Lipinski definition) is 1. The summed E-state index contributed by atoms with van der Waals surface area (Å²) in [7, 11) is 0. The first kappa shape index (κ1) is 14.9. The standard InChI is InChI=1S/C15H18N2OS2/c1-15(2,3)10-4-6-11(7-5-10)18-9-13-17-8-12(20-13)14(16)19/h4-8H,9H2,1-3H3,(H2,16,19). The summed E-state index contributed by atoms with van der Waals surface area (Å²) >= 11 is 6.37. The Bertz CT molecular complexity index is 597. The van der Waals surface area contributed by atoms with Crippen LogP contribution in [-0.4, -0.2) is 9.97 Å². The van der Waals surface area contributed by atoms with Crippen LogP contribution in [0.2, 0.25) is 0 Å². The van der Waals surface area contributed by atoms with Gasteiger partial charge < -0.3 is 10.5 Å². The number of thiazole rings is 1. The lowest BCUT2D eigenvalue weighted by atomic mass is 9.87. The SMILES string of the molecule is CC(C)(C)c1ccc(OCc2ncc(C(N)=S)s2)cc1. The molecule has 0 unspecified atom stereocenters. The van der Waals surface area contributed by atoms with Crippen molar-refractivity contribution in [2.24, 2.45) is 5.73 Å². The number of aromatic nitrogens is 1. The predicted octanol–water partition coefficient (Wildman–Crippen LogP) is 3.65. The van der Waals surface area contributed by atoms with Crippen molar-refractivity contribution >= 4 is 28.5 Å². The Kier molecular flexibility index (Phi) is 4.40. The van der Waals surface area contributed by atoms with E-state index >= 15 is 0 Å². The molecular formula is C15H18N2OS2. The fraction of sp³-hybridized carbons (Fsp3) is 0.333. The van der Waals surface area contributed by atoms with Gasteiger partial charge in [0.25, 0.3) is 0 Å². The van der Waals surface area contributed by atoms with Crippen molar-refractivity contribution in [2.45, 2.75) is 32.8 Å². The van der Waals surface area contributed by atoms with Gasteiger partial charge in [-0.15, -0.1) is 11.3 Å². The first-order chi connectivity index (χ1) is 9.36. The molecule has 1 aromatic carbocycles. The summed E-state index contributed by atoms with van der Waals surface area (Å²) in [4.78, 5) is 5.43. The summed E-state index contributed by atoms with van der Waals surface area (Å²) in [6, 6.07) is 8.17. The van der Waals surface area contributed by atoms with E-state index in [2.05, 4.69) is 37.9 Å². The topological polar surface area (TPSA) is 48.1 Å². The minimum atomic E-state index is 0.152. The number of nitrogens with two attached hydrogens (primary N) is 1. The largest absolute Gasteiger partial charge is 0.486 e. The predicted molar refractivity (Wildman–Crippen MR) is 87.5 cm³/mol. The van der Waals surface area contributed by atoms with E-state index in [1.807, 2.05) is 12.1 Å². The second kappa shape index (κ2) is 5.89. The smallest absolute Gasteiger partial charge is 0.140 e. The van der Waals surface area contributed by atoms with E-state index in [-0.39, 0.29) is 5.41 Å². The lowest BCUT2D eigenvalue weighted by molar-refractivity contribution is 0.305. The highest BCUT2D eigenvalue weighted by Crippen LogP contribution is 2.24. The van der Waals surface area contributed by atoms with Crippen molar-refractivity contribution in [1.29, 1.82) is 0 Å². The van der Waals surface area contributed by atoms with Crippen molar-refractivity contribution in [2.75, 3.05) is 0 Å². The highest BCUT2D eigenvalue weighted by molar-refractivity contribution is 7.81. The van der Waals surface area contributed by atoms with Crippen molar-refractivity contribution < 1.29 is 4.74 Å². The molecule has 0 amide bonds. The molecule has 0 atom stereocenters. The van der Waals surface area contributed by atoms with Crippen LogP contribution in [0.4, 0.5) is 0 Å². The molecule has 0 saturated heterocycles. The summed E-state index contributed by atoms with van der Waals surface area (Å²) in [5.41, 5.74) is 6.99. The van der Waals surface area contributed by atoms with Gasteiger partial charge in [-0.2, -0.15) is 0 Å². The average Bonchev–Trinajstić information content (AvgIpc) is 2.85. The number of thiocarbonyl (C=S) groups is 1. The molecule has 0 bridgehead atoms. The van der Waals surface area contributed by atoms with Crippen LogP contribution < -0.4 is 10.5 Å². The van der Waals surface area contributed by atoms with Crippen LogP contribution in [0.1, 0.15) is 36.2 Å². The molecule has 2 aromatic rings. The van der Waals surface area contributed by atoms with Gasteiger partial charge in [-0.05, 0) is 23.1 Å². The zero-order valence-electron chi connectivity index (χ0n) is 11.8. The molecule has 0 spiro atoms. The minimum Gasteiger partial charge on any atom is -0.486 e. The molecule has 2 N–H and O–H groups in total. The molecular weight excluding hydrogens is 288 g/mol. The quantitative estimate of drug-likeness (QED) is 0.876. The van der Waals surface area contributed by atoms with Gasteiger partial charge in [0.1, 0.15) is 22.4 Å². The van der Waals surface area contributed by atoms with Crippen molar-refractivity contribution in [1.82, 2.24) is 4.98 Å². The summed E-state index contributed by atoms with van der Waals surface area (Å²) in [5, 5.41) is 0.868. The van der Waals surface area contributed by atoms with E-state index in [9.17, 15) is 0 Å². The Morgan fingerprint density at radius 2 is 1.95 bits per heavy atom. The van der Waals surface area contributed by atoms with Gasteiger partial charge in [-0.25, -0.2) is 4.98 Å². The maximum Gasteiger partial charge on any atom is 0.140 e. The molecule has 20 heavy (non-hydrogen) atoms. The summed E-state index contributed by atoms with van der Waals surface area (Å²) in [5.74, 6) is 0.838. The normalized spacial score (nSPS) is 11.3. The average molecular weight is 306 g/mol. The van der Waals surface area contributed by atoms with Crippen LogP contribution in [0.5, 0.6) is 5.75 Å². The highest BCUT2D eigenvalue weighted by Gasteiger charge is 2.13. The number of ether oxygens (including phenoxy) is 1. The monoisotopic (exact) mass is 306 g/mol. The second-order valence-electron chi connectivity index (χ2n) is 5.55. The molecule has 0 aliphatic carbocycles. The number of benzene rings is 1. The zero-order valence-corrected chi connectivity index (χ0v) is 13.5. The Hall–Kier alpha value is -1.46. The van der Waals surface area contributed by atoms with Crippen LogP contribution >= 0.6 is 23.6 Å². The van der Waals surface area contributed by atoms with Gasteiger partial charge in [0.15, 0.2) is 0 Å². The maximum absolute atomic E-state index is 5.72. The third kappa shape index (κ3) is 3.77. The Balaban J connectivity index is 1.98. The molecule has 0 fully saturated rings. The third-order valence-corrected chi connectivity index (χ3v) is 4.23. The fourth-order valence-corrected chi connectivity index (χ4v) is 2.55. The fourth-order valence-electron chi connectivity index (χ4n) is 1.69. The van der Waals surface area contributed by atoms with E-state index in [0.717, 1.165) is 15.6 Å². The van der Waals surface area contributed by atoms with E-state index in [1.54, 1.807) is 6.20 Å². The van der Waals surface area contributed by atoms with Gasteiger partial charge in [0, 0.05) is 6.20 Å². The van der Waals surface area contributed by atoms with Gasteiger partial charge in [-0.3, -0.25) is 0 Å². The lowest BCUT2D eigenvalue weighted by Crippen LogP contribution is -2.10. The third-order valence-electron chi connectivity index (χ3n) is 2.88. The molecule has 3 nitrogen and oxygen atoms in total. The molecule has 0 saturated carbocycles. The minimum absolute atomic E-state index is 0.152. The molecule has 1 heterocycles. The van der Waals surface area contributed by atoms with Crippen molar-refractivity contribution in [3.8, 4) is 5.75 Å². The lowest BCUT2D eigenvalue weighted by Gasteiger charge is -2.19. The van der Waals surface area contributed by atoms with Crippen LogP contribution in [0.3, 0.4) is 0 Å². The second-order valence-corrected chi connectivity index (χ2v) is 7.10. The van der Waals surface area contributed by atoms with E-state index in [4.69, 9.17) is 22.7 Å². The van der Waals surface area contributed by atoms with E-state index in [1.165, 1.54) is 16.9 Å². The highest BCUT2D eigenvalue weighted by atomic mass is 32.1. The maximum atomic E-state index is 5.72. The van der Waals surface area contributed by atoms with Crippen molar-refractivity contribution in [3.63, 3.8) is 0 Å². The van der Waals surface area contributed by atoms with Crippen LogP contribution in [0, 0.1) is 0 Å². The van der Waals surface area contributed by atoms with E-state index in [0.29, 0.717) is 11.6 Å². The number of nitrogens with zero attached hydrogens (tertiary/aromatic N) is 1. The van der Waals surface area contributed by atoms with Crippen LogP contribution in [-0.2, 0) is 12.0 Å². The van der Waals surface area contributed by atoms with E-state index < -0.39 is 0 Å². The molecule has 0 radical (unpaired) electrons. The Morgan fingerprint density at radius 1 is 1.30 bits per heavy atom. The first-order valence-electron chi connectivity index (χ1n) is 6.34. The summed E-state index contributed by atoms with van der Waals surface area (Å²) in [6.45, 7) is 7.00. The Morgan fingerprint density at radius 3 is 2.45 bits per heavy atom. The first-order valence-corrected chi connectivity index (χ1v) is 7.56. The molecule has 1 aromatic heterocycles. The van der Waals surface area contributed by atoms with Crippen LogP contribution in [0.15, 0.2) is 30.5 Å². The molecule has 2 rings (SSSR count). The van der Waals surface area contributed by atoms with Gasteiger partial charge in [-0.1, -0.05) is 45.1 Å². The van der Waals surface area contributed by atoms with Gasteiger partial charge in [0.2, 0.25) is 0 Å². The molecule has 5 heteroatoms. The van der Waals surface area contributed by atoms with Crippen molar-refractivity contribution in [3.05, 3.63) is 45.9 Å². The van der Waals surface area contributed by atoms with Gasteiger partial charge >= 0.3 is 0 Å². The number of hydrogen-bond acceptors (Lipinski definition) is 4. The summed E-state index contributed by atoms with van der Waals surface area (Å²) in [6.07, 6.45) is 1.69. The molecule has 0 aliphatic rings. The Labute approximate surface area is 128 Å². The number of rotatable bonds is 4. The molecule has 0 aliphatic heterocycles. The zero-order chi connectivity index (χ0) is 14.8. The van der Waals surface area contributed by atoms with Gasteiger partial charge in [0.05, 0.1) is 4.88 Å². The van der Waals surface area contributed by atoms with Crippen LogP contribution in [0.25, 0.3) is 0 Å². The summed E-state index contributed by atoms with van der Waals surface area (Å²) < 4.78 is 5.72. The molecule has 106 valence electrons.